The van der Waals surface area contributed by atoms with E-state index in [9.17, 15) is 0 Å². The maximum atomic E-state index is 6.32. The highest BCUT2D eigenvalue weighted by Gasteiger charge is 2.16. The zero-order chi connectivity index (χ0) is 13.8. The summed E-state index contributed by atoms with van der Waals surface area (Å²) >= 11 is 9.41. The fourth-order valence-electron chi connectivity index (χ4n) is 2.10. The van der Waals surface area contributed by atoms with Gasteiger partial charge in [0, 0.05) is 11.6 Å². The monoisotopic (exact) mass is 341 g/mol. The Morgan fingerprint density at radius 3 is 2.68 bits per heavy atom. The summed E-state index contributed by atoms with van der Waals surface area (Å²) in [5, 5.41) is 5.10. The maximum Gasteiger partial charge on any atom is 0.0696 e. The average Bonchev–Trinajstić information content (AvgIpc) is 2.74. The number of aromatic nitrogens is 2. The third kappa shape index (κ3) is 3.59. The molecule has 1 aromatic carbocycles. The summed E-state index contributed by atoms with van der Waals surface area (Å²) in [4.78, 5) is 0. The third-order valence-corrected chi connectivity index (χ3v) is 3.85. The van der Waals surface area contributed by atoms with Crippen molar-refractivity contribution in [2.75, 3.05) is 0 Å². The fourth-order valence-corrected chi connectivity index (χ4v) is 2.82. The van der Waals surface area contributed by atoms with Crippen LogP contribution in [0.25, 0.3) is 0 Å². The normalized spacial score (nSPS) is 12.6. The van der Waals surface area contributed by atoms with Gasteiger partial charge in [0.25, 0.3) is 0 Å². The zero-order valence-electron chi connectivity index (χ0n) is 10.8. The largest absolute Gasteiger partial charge is 0.322 e. The molecule has 102 valence electrons. The Balaban J connectivity index is 2.17. The highest BCUT2D eigenvalue weighted by atomic mass is 79.9. The minimum atomic E-state index is -0.0791. The molecule has 0 spiro atoms. The number of hydrogen-bond acceptors (Lipinski definition) is 2. The molecule has 0 saturated carbocycles. The van der Waals surface area contributed by atoms with E-state index in [0.29, 0.717) is 0 Å². The van der Waals surface area contributed by atoms with Crippen LogP contribution in [0.3, 0.4) is 0 Å². The number of rotatable bonds is 5. The van der Waals surface area contributed by atoms with Crippen molar-refractivity contribution in [1.82, 2.24) is 9.78 Å². The van der Waals surface area contributed by atoms with Crippen LogP contribution in [0.1, 0.15) is 30.6 Å². The number of aryl methyl sites for hydroxylation is 1. The van der Waals surface area contributed by atoms with E-state index in [1.165, 1.54) is 5.56 Å². The summed E-state index contributed by atoms with van der Waals surface area (Å²) in [6, 6.07) is 7.72. The summed E-state index contributed by atoms with van der Waals surface area (Å²) in [6.45, 7) is 3.01. The van der Waals surface area contributed by atoms with Crippen LogP contribution in [0, 0.1) is 0 Å². The first kappa shape index (κ1) is 14.6. The van der Waals surface area contributed by atoms with Gasteiger partial charge in [0.15, 0.2) is 0 Å². The number of hydrogen-bond donors (Lipinski definition) is 1. The highest BCUT2D eigenvalue weighted by Crippen LogP contribution is 2.25. The first-order valence-corrected chi connectivity index (χ1v) is 7.50. The molecule has 2 N–H and O–H groups in total. The van der Waals surface area contributed by atoms with Crippen LogP contribution in [-0.2, 0) is 13.0 Å². The predicted octanol–water partition coefficient (Wildman–Crippen LogP) is 3.95. The second-order valence-electron chi connectivity index (χ2n) is 4.54. The molecular formula is C14H17BrClN3. The van der Waals surface area contributed by atoms with Gasteiger partial charge >= 0.3 is 0 Å². The van der Waals surface area contributed by atoms with E-state index in [1.807, 2.05) is 35.1 Å². The van der Waals surface area contributed by atoms with Gasteiger partial charge in [0.2, 0.25) is 0 Å². The minimum Gasteiger partial charge on any atom is -0.322 e. The van der Waals surface area contributed by atoms with Gasteiger partial charge in [-0.1, -0.05) is 30.7 Å². The molecule has 1 unspecified atom stereocenters. The summed E-state index contributed by atoms with van der Waals surface area (Å²) in [5.74, 6) is 0. The lowest BCUT2D eigenvalue weighted by Crippen LogP contribution is -2.19. The molecule has 3 nitrogen and oxygen atoms in total. The Labute approximate surface area is 126 Å². The van der Waals surface area contributed by atoms with Crippen LogP contribution in [-0.4, -0.2) is 9.78 Å². The molecular weight excluding hydrogens is 326 g/mol. The summed E-state index contributed by atoms with van der Waals surface area (Å²) in [7, 11) is 0. The van der Waals surface area contributed by atoms with Crippen LogP contribution in [0.5, 0.6) is 0 Å². The smallest absolute Gasteiger partial charge is 0.0696 e. The average molecular weight is 343 g/mol. The fraction of sp³-hybridized carbons (Fsp3) is 0.357. The Morgan fingerprint density at radius 2 is 2.05 bits per heavy atom. The van der Waals surface area contributed by atoms with Gasteiger partial charge in [-0.15, -0.1) is 0 Å². The molecule has 0 radical (unpaired) electrons. The molecule has 2 aromatic rings. The van der Waals surface area contributed by atoms with Gasteiger partial charge in [-0.3, -0.25) is 4.68 Å². The van der Waals surface area contributed by atoms with Crippen LogP contribution < -0.4 is 5.73 Å². The van der Waals surface area contributed by atoms with Crippen LogP contribution in [0.4, 0.5) is 0 Å². The first-order valence-electron chi connectivity index (χ1n) is 6.33. The summed E-state index contributed by atoms with van der Waals surface area (Å²) in [6.07, 6.45) is 3.62. The lowest BCUT2D eigenvalue weighted by molar-refractivity contribution is 0.536. The van der Waals surface area contributed by atoms with E-state index in [-0.39, 0.29) is 6.04 Å². The lowest BCUT2D eigenvalue weighted by Gasteiger charge is -2.15. The third-order valence-electron chi connectivity index (χ3n) is 2.99. The molecule has 0 aliphatic carbocycles. The molecule has 2 rings (SSSR count). The molecule has 5 heteroatoms. The van der Waals surface area contributed by atoms with Crippen molar-refractivity contribution >= 4 is 27.5 Å². The Bertz CT molecular complexity index is 536. The van der Waals surface area contributed by atoms with Gasteiger partial charge < -0.3 is 5.73 Å². The summed E-state index contributed by atoms with van der Waals surface area (Å²) in [5.41, 5.74) is 8.54. The molecule has 0 fully saturated rings. The second kappa shape index (κ2) is 6.55. The SMILES string of the molecule is CCCn1ncc(Br)c1C(N)Cc1ccc(Cl)cc1. The zero-order valence-corrected chi connectivity index (χ0v) is 13.2. The van der Waals surface area contributed by atoms with E-state index in [1.54, 1.807) is 0 Å². The van der Waals surface area contributed by atoms with E-state index < -0.39 is 0 Å². The van der Waals surface area contributed by atoms with Crippen molar-refractivity contribution in [3.05, 3.63) is 51.2 Å². The minimum absolute atomic E-state index is 0.0791. The number of nitrogens with two attached hydrogens (primary N) is 1. The van der Waals surface area contributed by atoms with E-state index in [0.717, 1.165) is 34.6 Å². The molecule has 1 heterocycles. The van der Waals surface area contributed by atoms with Crippen molar-refractivity contribution in [2.24, 2.45) is 5.73 Å². The maximum absolute atomic E-state index is 6.32. The predicted molar refractivity (Wildman–Crippen MR) is 82.3 cm³/mol. The highest BCUT2D eigenvalue weighted by molar-refractivity contribution is 9.10. The van der Waals surface area contributed by atoms with Crippen molar-refractivity contribution in [2.45, 2.75) is 32.4 Å². The molecule has 0 saturated heterocycles. The van der Waals surface area contributed by atoms with Gasteiger partial charge in [0.1, 0.15) is 0 Å². The number of halogens is 2. The van der Waals surface area contributed by atoms with Gasteiger partial charge in [-0.25, -0.2) is 0 Å². The molecule has 0 aliphatic heterocycles. The quantitative estimate of drug-likeness (QED) is 0.894. The molecule has 1 atom stereocenters. The van der Waals surface area contributed by atoms with Gasteiger partial charge in [-0.2, -0.15) is 5.10 Å². The Hall–Kier alpha value is -0.840. The topological polar surface area (TPSA) is 43.8 Å². The van der Waals surface area contributed by atoms with E-state index in [4.69, 9.17) is 17.3 Å². The molecule has 0 amide bonds. The van der Waals surface area contributed by atoms with Crippen LogP contribution >= 0.6 is 27.5 Å². The molecule has 19 heavy (non-hydrogen) atoms. The number of benzene rings is 1. The standard InChI is InChI=1S/C14H17BrClN3/c1-2-7-19-14(12(15)9-18-19)13(17)8-10-3-5-11(16)6-4-10/h3-6,9,13H,2,7-8,17H2,1H3. The molecule has 1 aromatic heterocycles. The molecule has 0 bridgehead atoms. The van der Waals surface area contributed by atoms with Crippen molar-refractivity contribution in [3.8, 4) is 0 Å². The molecule has 0 aliphatic rings. The Morgan fingerprint density at radius 1 is 1.37 bits per heavy atom. The van der Waals surface area contributed by atoms with Crippen molar-refractivity contribution < 1.29 is 0 Å². The van der Waals surface area contributed by atoms with E-state index >= 15 is 0 Å². The van der Waals surface area contributed by atoms with Crippen molar-refractivity contribution in [1.29, 1.82) is 0 Å². The second-order valence-corrected chi connectivity index (χ2v) is 5.83. The lowest BCUT2D eigenvalue weighted by atomic mass is 10.0. The van der Waals surface area contributed by atoms with Crippen LogP contribution in [0.2, 0.25) is 5.02 Å². The van der Waals surface area contributed by atoms with Crippen molar-refractivity contribution in [3.63, 3.8) is 0 Å². The number of nitrogens with zero attached hydrogens (tertiary/aromatic N) is 2. The van der Waals surface area contributed by atoms with Crippen LogP contribution in [0.15, 0.2) is 34.9 Å². The Kier molecular flexibility index (Phi) is 5.02. The van der Waals surface area contributed by atoms with Gasteiger partial charge in [-0.05, 0) is 46.5 Å². The van der Waals surface area contributed by atoms with Gasteiger partial charge in [0.05, 0.1) is 22.4 Å². The first-order chi connectivity index (χ1) is 9.11. The summed E-state index contributed by atoms with van der Waals surface area (Å²) < 4.78 is 2.95. The van der Waals surface area contributed by atoms with E-state index in [2.05, 4.69) is 28.0 Å².